The summed E-state index contributed by atoms with van der Waals surface area (Å²) < 4.78 is 5.57. The van der Waals surface area contributed by atoms with Crippen LogP contribution in [0.1, 0.15) is 35.5 Å². The molecule has 0 bridgehead atoms. The Labute approximate surface area is 119 Å². The quantitative estimate of drug-likeness (QED) is 0.766. The highest BCUT2D eigenvalue weighted by atomic mass is 16.5. The first-order valence-electron chi connectivity index (χ1n) is 6.58. The molecular weight excluding hydrogens is 250 g/mol. The van der Waals surface area contributed by atoms with E-state index in [2.05, 4.69) is 11.6 Å². The van der Waals surface area contributed by atoms with Gasteiger partial charge in [0.15, 0.2) is 6.29 Å². The Balaban J connectivity index is 0.000000956. The van der Waals surface area contributed by atoms with Crippen molar-refractivity contribution < 1.29 is 9.53 Å². The fourth-order valence-electron chi connectivity index (χ4n) is 1.52. The Hall–Kier alpha value is -2.42. The number of benzene rings is 1. The van der Waals surface area contributed by atoms with Gasteiger partial charge in [-0.1, -0.05) is 50.8 Å². The fraction of sp³-hybridized carbons (Fsp3) is 0.176. The molecule has 3 nitrogen and oxygen atoms in total. The summed E-state index contributed by atoms with van der Waals surface area (Å²) in [4.78, 5) is 14.7. The number of nitrogens with zero attached hydrogens (tertiary/aromatic N) is 1. The summed E-state index contributed by atoms with van der Waals surface area (Å²) in [5.74, 6) is 0.500. The van der Waals surface area contributed by atoms with E-state index in [-0.39, 0.29) is 0 Å². The molecule has 2 rings (SSSR count). The van der Waals surface area contributed by atoms with E-state index >= 15 is 0 Å². The maximum absolute atomic E-state index is 10.8. The second kappa shape index (κ2) is 8.64. The van der Waals surface area contributed by atoms with Crippen molar-refractivity contribution in [1.82, 2.24) is 4.98 Å². The number of carbonyl (C=O) groups excluding carboxylic acids is 1. The minimum absolute atomic E-state index is 0.320. The molecule has 0 fully saturated rings. The average molecular weight is 269 g/mol. The number of pyridine rings is 1. The zero-order valence-electron chi connectivity index (χ0n) is 11.9. The van der Waals surface area contributed by atoms with E-state index in [1.54, 1.807) is 24.4 Å². The molecule has 0 amide bonds. The zero-order chi connectivity index (χ0) is 14.8. The van der Waals surface area contributed by atoms with Crippen molar-refractivity contribution in [1.29, 1.82) is 0 Å². The standard InChI is InChI=1S/C15H13NO2.C2H6/c1-2-12-5-7-13(8-6-12)11-18-15-4-3-9-16-14(15)10-17;1-2/h2-10H,1,11H2;1-2H3. The smallest absolute Gasteiger partial charge is 0.172 e. The van der Waals surface area contributed by atoms with Crippen LogP contribution in [-0.2, 0) is 6.61 Å². The topological polar surface area (TPSA) is 39.2 Å². The summed E-state index contributed by atoms with van der Waals surface area (Å²) in [6.45, 7) is 8.11. The lowest BCUT2D eigenvalue weighted by atomic mass is 10.1. The van der Waals surface area contributed by atoms with Crippen molar-refractivity contribution in [2.45, 2.75) is 20.5 Å². The molecule has 20 heavy (non-hydrogen) atoms. The normalized spacial score (nSPS) is 9.10. The molecule has 3 heteroatoms. The second-order valence-corrected chi connectivity index (χ2v) is 3.74. The first kappa shape index (κ1) is 15.6. The van der Waals surface area contributed by atoms with Crippen molar-refractivity contribution in [3.8, 4) is 5.75 Å². The van der Waals surface area contributed by atoms with E-state index in [1.807, 2.05) is 38.1 Å². The number of aldehydes is 1. The van der Waals surface area contributed by atoms with Crippen LogP contribution in [0.2, 0.25) is 0 Å². The molecule has 0 spiro atoms. The highest BCUT2D eigenvalue weighted by Crippen LogP contribution is 2.15. The maximum Gasteiger partial charge on any atom is 0.172 e. The van der Waals surface area contributed by atoms with Crippen LogP contribution in [0.25, 0.3) is 6.08 Å². The summed E-state index contributed by atoms with van der Waals surface area (Å²) >= 11 is 0. The monoisotopic (exact) mass is 269 g/mol. The number of rotatable bonds is 5. The van der Waals surface area contributed by atoms with E-state index in [9.17, 15) is 4.79 Å². The molecule has 1 aromatic carbocycles. The molecule has 0 atom stereocenters. The van der Waals surface area contributed by atoms with Crippen LogP contribution in [0.4, 0.5) is 0 Å². The molecule has 0 radical (unpaired) electrons. The molecular formula is C17H19NO2. The number of aromatic nitrogens is 1. The van der Waals surface area contributed by atoms with Crippen LogP contribution in [0, 0.1) is 0 Å². The molecule has 1 aromatic heterocycles. The third-order valence-corrected chi connectivity index (χ3v) is 2.52. The predicted octanol–water partition coefficient (Wildman–Crippen LogP) is 4.14. The Morgan fingerprint density at radius 3 is 2.50 bits per heavy atom. The molecule has 0 saturated heterocycles. The van der Waals surface area contributed by atoms with Gasteiger partial charge in [0.2, 0.25) is 0 Å². The van der Waals surface area contributed by atoms with Crippen LogP contribution in [-0.4, -0.2) is 11.3 Å². The lowest BCUT2D eigenvalue weighted by molar-refractivity contribution is 0.111. The summed E-state index contributed by atoms with van der Waals surface area (Å²) in [6.07, 6.45) is 4.04. The molecule has 0 aliphatic carbocycles. The van der Waals surface area contributed by atoms with Crippen molar-refractivity contribution in [2.24, 2.45) is 0 Å². The molecule has 2 aromatic rings. The van der Waals surface area contributed by atoms with Gasteiger partial charge in [-0.2, -0.15) is 0 Å². The van der Waals surface area contributed by atoms with Gasteiger partial charge < -0.3 is 4.74 Å². The van der Waals surface area contributed by atoms with Crippen molar-refractivity contribution in [3.63, 3.8) is 0 Å². The lowest BCUT2D eigenvalue weighted by Gasteiger charge is -2.07. The summed E-state index contributed by atoms with van der Waals surface area (Å²) in [7, 11) is 0. The Morgan fingerprint density at radius 2 is 1.90 bits per heavy atom. The SMILES string of the molecule is C=Cc1ccc(COc2cccnc2C=O)cc1.CC. The minimum atomic E-state index is 0.320. The third-order valence-electron chi connectivity index (χ3n) is 2.52. The highest BCUT2D eigenvalue weighted by Gasteiger charge is 2.03. The van der Waals surface area contributed by atoms with Crippen LogP contribution in [0.3, 0.4) is 0 Å². The van der Waals surface area contributed by atoms with Gasteiger partial charge >= 0.3 is 0 Å². The molecule has 0 aliphatic rings. The number of carbonyl (C=O) groups is 1. The average Bonchev–Trinajstić information content (AvgIpc) is 2.55. The van der Waals surface area contributed by atoms with Gasteiger partial charge in [0.1, 0.15) is 18.1 Å². The third kappa shape index (κ3) is 4.35. The van der Waals surface area contributed by atoms with Gasteiger partial charge in [0.05, 0.1) is 0 Å². The second-order valence-electron chi connectivity index (χ2n) is 3.74. The van der Waals surface area contributed by atoms with Crippen molar-refractivity contribution >= 4 is 12.4 Å². The number of ether oxygens (including phenoxy) is 1. The number of hydrogen-bond acceptors (Lipinski definition) is 3. The van der Waals surface area contributed by atoms with E-state index < -0.39 is 0 Å². The van der Waals surface area contributed by atoms with E-state index in [0.717, 1.165) is 11.1 Å². The van der Waals surface area contributed by atoms with Gasteiger partial charge in [0, 0.05) is 6.20 Å². The van der Waals surface area contributed by atoms with Crippen molar-refractivity contribution in [3.05, 3.63) is 66.0 Å². The first-order valence-corrected chi connectivity index (χ1v) is 6.58. The largest absolute Gasteiger partial charge is 0.487 e. The Kier molecular flexibility index (Phi) is 6.76. The maximum atomic E-state index is 10.8. The van der Waals surface area contributed by atoms with E-state index in [1.165, 1.54) is 0 Å². The number of hydrogen-bond donors (Lipinski definition) is 0. The molecule has 0 unspecified atom stereocenters. The Bertz CT molecular complexity index is 547. The van der Waals surface area contributed by atoms with E-state index in [0.29, 0.717) is 24.3 Å². The molecule has 0 aliphatic heterocycles. The summed E-state index contributed by atoms with van der Waals surface area (Å²) in [5.41, 5.74) is 2.41. The van der Waals surface area contributed by atoms with Gasteiger partial charge in [-0.05, 0) is 23.3 Å². The predicted molar refractivity (Wildman–Crippen MR) is 81.8 cm³/mol. The molecule has 1 heterocycles. The Morgan fingerprint density at radius 1 is 1.20 bits per heavy atom. The summed E-state index contributed by atoms with van der Waals surface area (Å²) in [5, 5.41) is 0. The molecule has 0 saturated carbocycles. The van der Waals surface area contributed by atoms with Gasteiger partial charge in [-0.25, -0.2) is 4.98 Å². The van der Waals surface area contributed by atoms with Gasteiger partial charge in [-0.3, -0.25) is 4.79 Å². The van der Waals surface area contributed by atoms with Crippen molar-refractivity contribution in [2.75, 3.05) is 0 Å². The first-order chi connectivity index (χ1) is 9.83. The molecule has 104 valence electrons. The lowest BCUT2D eigenvalue weighted by Crippen LogP contribution is -1.99. The van der Waals surface area contributed by atoms with Gasteiger partial charge in [-0.15, -0.1) is 0 Å². The fourth-order valence-corrected chi connectivity index (χ4v) is 1.52. The van der Waals surface area contributed by atoms with Crippen LogP contribution in [0.5, 0.6) is 5.75 Å². The zero-order valence-corrected chi connectivity index (χ0v) is 11.9. The minimum Gasteiger partial charge on any atom is -0.487 e. The highest BCUT2D eigenvalue weighted by molar-refractivity contribution is 5.75. The summed E-state index contributed by atoms with van der Waals surface area (Å²) in [6, 6.07) is 11.3. The molecule has 0 N–H and O–H groups in total. The van der Waals surface area contributed by atoms with E-state index in [4.69, 9.17) is 4.74 Å². The van der Waals surface area contributed by atoms with Crippen LogP contribution in [0.15, 0.2) is 49.2 Å². The van der Waals surface area contributed by atoms with Crippen LogP contribution >= 0.6 is 0 Å². The van der Waals surface area contributed by atoms with Gasteiger partial charge in [0.25, 0.3) is 0 Å². The van der Waals surface area contributed by atoms with Crippen LogP contribution < -0.4 is 4.74 Å².